The molecular weight excluding hydrogens is 222 g/mol. The van der Waals surface area contributed by atoms with Crippen molar-refractivity contribution in [3.63, 3.8) is 0 Å². The SMILES string of the molecule is C=CCOCC(O)CC(=C)CCN.NC(N)=O. The molecule has 6 heteroatoms. The highest BCUT2D eigenvalue weighted by atomic mass is 16.5. The molecule has 0 aliphatic rings. The Hall–Kier alpha value is -1.37. The van der Waals surface area contributed by atoms with Crippen molar-refractivity contribution in [3.8, 4) is 0 Å². The number of ether oxygens (including phenoxy) is 1. The van der Waals surface area contributed by atoms with Crippen LogP contribution in [0.15, 0.2) is 24.8 Å². The molecule has 17 heavy (non-hydrogen) atoms. The van der Waals surface area contributed by atoms with Gasteiger partial charge in [0.25, 0.3) is 0 Å². The van der Waals surface area contributed by atoms with E-state index in [-0.39, 0.29) is 0 Å². The fourth-order valence-corrected chi connectivity index (χ4v) is 0.986. The second-order valence-corrected chi connectivity index (χ2v) is 3.38. The predicted molar refractivity (Wildman–Crippen MR) is 68.2 cm³/mol. The first-order valence-electron chi connectivity index (χ1n) is 5.22. The maximum absolute atomic E-state index is 9.41. The number of hydrogen-bond acceptors (Lipinski definition) is 4. The standard InChI is InChI=1S/C10H19NO2.CH4N2O/c1-3-6-13-8-10(12)7-9(2)4-5-11;2-1(3)4/h3,10,12H,1-2,4-8,11H2;(H4,2,3,4). The molecule has 0 bridgehead atoms. The van der Waals surface area contributed by atoms with E-state index in [9.17, 15) is 5.11 Å². The lowest BCUT2D eigenvalue weighted by atomic mass is 10.1. The first kappa shape index (κ1) is 18.0. The summed E-state index contributed by atoms with van der Waals surface area (Å²) >= 11 is 0. The highest BCUT2D eigenvalue weighted by molar-refractivity contribution is 5.69. The summed E-state index contributed by atoms with van der Waals surface area (Å²) in [5.41, 5.74) is 14.8. The molecular formula is C11H23N3O3. The first-order chi connectivity index (χ1) is 7.93. The Bertz CT molecular complexity index is 228. The lowest BCUT2D eigenvalue weighted by molar-refractivity contribution is 0.0494. The minimum absolute atomic E-state index is 0.329. The number of rotatable bonds is 8. The minimum atomic E-state index is -0.833. The van der Waals surface area contributed by atoms with Crippen molar-refractivity contribution >= 4 is 6.03 Å². The molecule has 100 valence electrons. The van der Waals surface area contributed by atoms with Crippen molar-refractivity contribution in [3.05, 3.63) is 24.8 Å². The Morgan fingerprint density at radius 1 is 1.47 bits per heavy atom. The topological polar surface area (TPSA) is 125 Å². The van der Waals surface area contributed by atoms with E-state index in [0.29, 0.717) is 26.2 Å². The summed E-state index contributed by atoms with van der Waals surface area (Å²) in [4.78, 5) is 9.00. The van der Waals surface area contributed by atoms with E-state index in [1.165, 1.54) is 0 Å². The molecule has 0 aliphatic heterocycles. The van der Waals surface area contributed by atoms with Gasteiger partial charge in [0.1, 0.15) is 0 Å². The van der Waals surface area contributed by atoms with E-state index in [1.807, 2.05) is 0 Å². The Labute approximate surface area is 102 Å². The molecule has 0 aromatic carbocycles. The largest absolute Gasteiger partial charge is 0.390 e. The second kappa shape index (κ2) is 12.7. The number of hydrogen-bond donors (Lipinski definition) is 4. The van der Waals surface area contributed by atoms with Crippen LogP contribution in [0.1, 0.15) is 12.8 Å². The highest BCUT2D eigenvalue weighted by Crippen LogP contribution is 2.06. The molecule has 0 fully saturated rings. The summed E-state index contributed by atoms with van der Waals surface area (Å²) in [6, 6.07) is -0.833. The quantitative estimate of drug-likeness (QED) is 0.351. The van der Waals surface area contributed by atoms with Crippen molar-refractivity contribution in [2.45, 2.75) is 18.9 Å². The molecule has 1 atom stereocenters. The van der Waals surface area contributed by atoms with Crippen LogP contribution in [0, 0.1) is 0 Å². The van der Waals surface area contributed by atoms with Crippen LogP contribution in [0.25, 0.3) is 0 Å². The highest BCUT2D eigenvalue weighted by Gasteiger charge is 2.05. The molecule has 0 radical (unpaired) electrons. The van der Waals surface area contributed by atoms with Crippen molar-refractivity contribution in [1.82, 2.24) is 0 Å². The van der Waals surface area contributed by atoms with E-state index in [0.717, 1.165) is 12.0 Å². The lowest BCUT2D eigenvalue weighted by Gasteiger charge is -2.11. The Balaban J connectivity index is 0. The fourth-order valence-electron chi connectivity index (χ4n) is 0.986. The van der Waals surface area contributed by atoms with Crippen LogP contribution in [-0.4, -0.2) is 37.0 Å². The summed E-state index contributed by atoms with van der Waals surface area (Å²) in [5.74, 6) is 0. The van der Waals surface area contributed by atoms with Crippen LogP contribution in [0.5, 0.6) is 0 Å². The molecule has 6 nitrogen and oxygen atoms in total. The van der Waals surface area contributed by atoms with Gasteiger partial charge in [0.05, 0.1) is 19.3 Å². The predicted octanol–water partition coefficient (Wildman–Crippen LogP) is -0.131. The van der Waals surface area contributed by atoms with E-state index in [4.69, 9.17) is 15.3 Å². The van der Waals surface area contributed by atoms with E-state index in [1.54, 1.807) is 6.08 Å². The molecule has 0 saturated carbocycles. The van der Waals surface area contributed by atoms with Crippen molar-refractivity contribution in [1.29, 1.82) is 0 Å². The van der Waals surface area contributed by atoms with Gasteiger partial charge in [-0.15, -0.1) is 6.58 Å². The summed E-state index contributed by atoms with van der Waals surface area (Å²) in [6.07, 6.45) is 2.51. The zero-order valence-electron chi connectivity index (χ0n) is 10.1. The molecule has 2 amide bonds. The molecule has 0 aliphatic carbocycles. The number of amides is 2. The molecule has 7 N–H and O–H groups in total. The molecule has 0 aromatic heterocycles. The second-order valence-electron chi connectivity index (χ2n) is 3.38. The summed E-state index contributed by atoms with van der Waals surface area (Å²) in [5, 5.41) is 9.41. The zero-order valence-corrected chi connectivity index (χ0v) is 10.1. The zero-order chi connectivity index (χ0) is 13.7. The Morgan fingerprint density at radius 2 is 2.00 bits per heavy atom. The fraction of sp³-hybridized carbons (Fsp3) is 0.545. The van der Waals surface area contributed by atoms with Gasteiger partial charge in [0, 0.05) is 0 Å². The third kappa shape index (κ3) is 20.7. The average Bonchev–Trinajstić information content (AvgIpc) is 2.17. The van der Waals surface area contributed by atoms with Crippen LogP contribution in [0.3, 0.4) is 0 Å². The first-order valence-corrected chi connectivity index (χ1v) is 5.22. The number of primary amides is 2. The average molecular weight is 245 g/mol. The number of carbonyl (C=O) groups is 1. The number of aliphatic hydroxyl groups excluding tert-OH is 1. The lowest BCUT2D eigenvalue weighted by Crippen LogP contribution is -2.18. The van der Waals surface area contributed by atoms with Crippen LogP contribution in [-0.2, 0) is 4.74 Å². The van der Waals surface area contributed by atoms with Gasteiger partial charge in [0.15, 0.2) is 0 Å². The van der Waals surface area contributed by atoms with Gasteiger partial charge >= 0.3 is 6.03 Å². The summed E-state index contributed by atoms with van der Waals surface area (Å²) in [6.45, 7) is 8.69. The van der Waals surface area contributed by atoms with Gasteiger partial charge in [-0.2, -0.15) is 0 Å². The third-order valence-electron chi connectivity index (χ3n) is 1.57. The maximum atomic E-state index is 9.41. The maximum Gasteiger partial charge on any atom is 0.309 e. The Morgan fingerprint density at radius 3 is 2.41 bits per heavy atom. The van der Waals surface area contributed by atoms with Crippen molar-refractivity contribution in [2.24, 2.45) is 17.2 Å². The molecule has 0 spiro atoms. The molecule has 0 rings (SSSR count). The Kier molecular flexibility index (Phi) is 13.5. The van der Waals surface area contributed by atoms with Gasteiger partial charge in [-0.1, -0.05) is 18.2 Å². The molecule has 0 heterocycles. The minimum Gasteiger partial charge on any atom is -0.390 e. The van der Waals surface area contributed by atoms with Crippen molar-refractivity contribution < 1.29 is 14.6 Å². The van der Waals surface area contributed by atoms with E-state index in [2.05, 4.69) is 24.6 Å². The number of aliphatic hydroxyl groups is 1. The number of urea groups is 1. The third-order valence-corrected chi connectivity index (χ3v) is 1.57. The van der Waals surface area contributed by atoms with Crippen molar-refractivity contribution in [2.75, 3.05) is 19.8 Å². The van der Waals surface area contributed by atoms with Crippen LogP contribution >= 0.6 is 0 Å². The van der Waals surface area contributed by atoms with Gasteiger partial charge in [-0.25, -0.2) is 4.79 Å². The van der Waals surface area contributed by atoms with Gasteiger partial charge in [0.2, 0.25) is 0 Å². The molecule has 0 aromatic rings. The molecule has 0 saturated heterocycles. The number of nitrogens with two attached hydrogens (primary N) is 3. The van der Waals surface area contributed by atoms with Gasteiger partial charge < -0.3 is 27.0 Å². The monoisotopic (exact) mass is 245 g/mol. The van der Waals surface area contributed by atoms with Crippen LogP contribution in [0.4, 0.5) is 4.79 Å². The summed E-state index contributed by atoms with van der Waals surface area (Å²) in [7, 11) is 0. The normalized spacial score (nSPS) is 10.9. The van der Waals surface area contributed by atoms with E-state index < -0.39 is 12.1 Å². The molecule has 1 unspecified atom stereocenters. The van der Waals surface area contributed by atoms with E-state index >= 15 is 0 Å². The van der Waals surface area contributed by atoms with Gasteiger partial charge in [-0.05, 0) is 19.4 Å². The summed E-state index contributed by atoms with van der Waals surface area (Å²) < 4.78 is 5.08. The number of carbonyl (C=O) groups excluding carboxylic acids is 1. The van der Waals surface area contributed by atoms with Crippen LogP contribution < -0.4 is 17.2 Å². The van der Waals surface area contributed by atoms with Crippen LogP contribution in [0.2, 0.25) is 0 Å². The smallest absolute Gasteiger partial charge is 0.309 e. The van der Waals surface area contributed by atoms with Gasteiger partial charge in [-0.3, -0.25) is 0 Å².